The Morgan fingerprint density at radius 1 is 1.35 bits per heavy atom. The first-order chi connectivity index (χ1) is 8.38. The molecule has 0 saturated carbocycles. The number of thiazole rings is 1. The number of likely N-dealkylation sites (tertiary alicyclic amines) is 1. The number of rotatable bonds is 7. The van der Waals surface area contributed by atoms with Gasteiger partial charge in [-0.1, -0.05) is 0 Å². The number of nitrogens with two attached hydrogens (primary N) is 1. The van der Waals surface area contributed by atoms with Gasteiger partial charge in [-0.15, -0.1) is 11.3 Å². The molecule has 0 radical (unpaired) electrons. The summed E-state index contributed by atoms with van der Waals surface area (Å²) in [5.41, 5.74) is 6.50. The van der Waals surface area contributed by atoms with Gasteiger partial charge in [-0.3, -0.25) is 0 Å². The molecule has 0 amide bonds. The van der Waals surface area contributed by atoms with E-state index in [2.05, 4.69) is 15.2 Å². The number of anilines is 1. The van der Waals surface area contributed by atoms with E-state index in [-0.39, 0.29) is 0 Å². The van der Waals surface area contributed by atoms with E-state index in [1.165, 1.54) is 45.3 Å². The number of unbranched alkanes of at least 4 members (excludes halogenated alkanes) is 1. The average Bonchev–Trinajstić information content (AvgIpc) is 2.99. The SMILES string of the molecule is NCc1csc(NCCCCN2CCCC2)n1. The van der Waals surface area contributed by atoms with Crippen LogP contribution in [0.15, 0.2) is 5.38 Å². The fourth-order valence-corrected chi connectivity index (χ4v) is 2.90. The van der Waals surface area contributed by atoms with Crippen LogP contribution in [0.1, 0.15) is 31.4 Å². The number of aromatic nitrogens is 1. The second-order valence-corrected chi connectivity index (χ2v) is 5.39. The van der Waals surface area contributed by atoms with Gasteiger partial charge in [0.05, 0.1) is 5.69 Å². The summed E-state index contributed by atoms with van der Waals surface area (Å²) in [5, 5.41) is 6.38. The molecule has 0 aromatic carbocycles. The Bertz CT molecular complexity index is 320. The Balaban J connectivity index is 1.53. The highest BCUT2D eigenvalue weighted by Crippen LogP contribution is 2.15. The number of hydrogen-bond donors (Lipinski definition) is 2. The molecule has 1 aliphatic heterocycles. The molecule has 1 aromatic heterocycles. The van der Waals surface area contributed by atoms with Gasteiger partial charge in [0.2, 0.25) is 0 Å². The van der Waals surface area contributed by atoms with Crippen molar-refractivity contribution in [3.05, 3.63) is 11.1 Å². The van der Waals surface area contributed by atoms with Gasteiger partial charge < -0.3 is 16.0 Å². The molecule has 2 rings (SSSR count). The highest BCUT2D eigenvalue weighted by Gasteiger charge is 2.09. The molecule has 0 bridgehead atoms. The number of nitrogens with one attached hydrogen (secondary N) is 1. The molecule has 5 heteroatoms. The highest BCUT2D eigenvalue weighted by molar-refractivity contribution is 7.13. The topological polar surface area (TPSA) is 54.2 Å². The molecule has 1 fully saturated rings. The summed E-state index contributed by atoms with van der Waals surface area (Å²) in [6.07, 6.45) is 5.27. The minimum absolute atomic E-state index is 0.535. The Labute approximate surface area is 107 Å². The zero-order valence-corrected chi connectivity index (χ0v) is 11.1. The van der Waals surface area contributed by atoms with Crippen molar-refractivity contribution in [1.29, 1.82) is 0 Å². The van der Waals surface area contributed by atoms with E-state index < -0.39 is 0 Å². The molecule has 1 aromatic rings. The summed E-state index contributed by atoms with van der Waals surface area (Å²) in [6.45, 7) is 5.42. The second-order valence-electron chi connectivity index (χ2n) is 4.53. The highest BCUT2D eigenvalue weighted by atomic mass is 32.1. The smallest absolute Gasteiger partial charge is 0.182 e. The zero-order valence-electron chi connectivity index (χ0n) is 10.3. The van der Waals surface area contributed by atoms with Crippen LogP contribution in [0.5, 0.6) is 0 Å². The van der Waals surface area contributed by atoms with Crippen molar-refractivity contribution < 1.29 is 0 Å². The third kappa shape index (κ3) is 4.26. The van der Waals surface area contributed by atoms with E-state index in [1.54, 1.807) is 11.3 Å². The monoisotopic (exact) mass is 254 g/mol. The molecule has 0 aliphatic carbocycles. The lowest BCUT2D eigenvalue weighted by Crippen LogP contribution is -2.20. The molecule has 17 heavy (non-hydrogen) atoms. The van der Waals surface area contributed by atoms with Crippen LogP contribution in [-0.4, -0.2) is 36.1 Å². The summed E-state index contributed by atoms with van der Waals surface area (Å²) in [5.74, 6) is 0. The number of nitrogens with zero attached hydrogens (tertiary/aromatic N) is 2. The van der Waals surface area contributed by atoms with Gasteiger partial charge in [-0.05, 0) is 45.3 Å². The summed E-state index contributed by atoms with van der Waals surface area (Å²) in [7, 11) is 0. The predicted octanol–water partition coefficient (Wildman–Crippen LogP) is 1.89. The van der Waals surface area contributed by atoms with Crippen LogP contribution in [0.4, 0.5) is 5.13 Å². The van der Waals surface area contributed by atoms with Crippen molar-refractivity contribution in [2.75, 3.05) is 31.5 Å². The van der Waals surface area contributed by atoms with Crippen LogP contribution >= 0.6 is 11.3 Å². The first-order valence-electron chi connectivity index (χ1n) is 6.49. The van der Waals surface area contributed by atoms with Gasteiger partial charge >= 0.3 is 0 Å². The average molecular weight is 254 g/mol. The third-order valence-corrected chi connectivity index (χ3v) is 3.99. The van der Waals surface area contributed by atoms with Gasteiger partial charge in [0.1, 0.15) is 0 Å². The lowest BCUT2D eigenvalue weighted by Gasteiger charge is -2.13. The van der Waals surface area contributed by atoms with Crippen LogP contribution in [0.25, 0.3) is 0 Å². The van der Waals surface area contributed by atoms with Crippen molar-refractivity contribution >= 4 is 16.5 Å². The normalized spacial score (nSPS) is 16.5. The Hall–Kier alpha value is -0.650. The molecule has 1 aliphatic rings. The Morgan fingerprint density at radius 3 is 2.88 bits per heavy atom. The molecule has 4 nitrogen and oxygen atoms in total. The lowest BCUT2D eigenvalue weighted by atomic mass is 10.3. The summed E-state index contributed by atoms with van der Waals surface area (Å²) < 4.78 is 0. The van der Waals surface area contributed by atoms with E-state index in [0.717, 1.165) is 17.4 Å². The second kappa shape index (κ2) is 6.93. The summed E-state index contributed by atoms with van der Waals surface area (Å²) in [4.78, 5) is 6.94. The van der Waals surface area contributed by atoms with Crippen LogP contribution in [-0.2, 0) is 6.54 Å². The van der Waals surface area contributed by atoms with Crippen LogP contribution < -0.4 is 11.1 Å². The van der Waals surface area contributed by atoms with E-state index >= 15 is 0 Å². The van der Waals surface area contributed by atoms with Crippen LogP contribution in [0, 0.1) is 0 Å². The van der Waals surface area contributed by atoms with Gasteiger partial charge in [0, 0.05) is 18.5 Å². The lowest BCUT2D eigenvalue weighted by molar-refractivity contribution is 0.331. The molecule has 0 atom stereocenters. The molecule has 0 spiro atoms. The predicted molar refractivity (Wildman–Crippen MR) is 73.4 cm³/mol. The van der Waals surface area contributed by atoms with Crippen molar-refractivity contribution in [2.24, 2.45) is 5.73 Å². The maximum atomic E-state index is 5.52. The number of hydrogen-bond acceptors (Lipinski definition) is 5. The zero-order chi connectivity index (χ0) is 11.9. The first kappa shape index (κ1) is 12.8. The summed E-state index contributed by atoms with van der Waals surface area (Å²) >= 11 is 1.64. The largest absolute Gasteiger partial charge is 0.362 e. The molecular formula is C12H22N4S. The molecular weight excluding hydrogens is 232 g/mol. The fourth-order valence-electron chi connectivity index (χ4n) is 2.14. The maximum Gasteiger partial charge on any atom is 0.182 e. The van der Waals surface area contributed by atoms with E-state index in [0.29, 0.717) is 6.54 Å². The molecule has 1 saturated heterocycles. The maximum absolute atomic E-state index is 5.52. The fraction of sp³-hybridized carbons (Fsp3) is 0.750. The van der Waals surface area contributed by atoms with Crippen molar-refractivity contribution in [2.45, 2.75) is 32.2 Å². The van der Waals surface area contributed by atoms with Gasteiger partial charge in [-0.2, -0.15) is 0 Å². The molecule has 0 unspecified atom stereocenters. The van der Waals surface area contributed by atoms with Gasteiger partial charge in [-0.25, -0.2) is 4.98 Å². The quantitative estimate of drug-likeness (QED) is 0.730. The molecule has 96 valence electrons. The van der Waals surface area contributed by atoms with Gasteiger partial charge in [0.15, 0.2) is 5.13 Å². The van der Waals surface area contributed by atoms with Crippen molar-refractivity contribution in [3.8, 4) is 0 Å². The van der Waals surface area contributed by atoms with Gasteiger partial charge in [0.25, 0.3) is 0 Å². The first-order valence-corrected chi connectivity index (χ1v) is 7.37. The standard InChI is InChI=1S/C12H22N4S/c13-9-11-10-17-12(15-11)14-5-1-2-6-16-7-3-4-8-16/h10H,1-9,13H2,(H,14,15). The van der Waals surface area contributed by atoms with Crippen molar-refractivity contribution in [1.82, 2.24) is 9.88 Å². The van der Waals surface area contributed by atoms with E-state index in [1.807, 2.05) is 5.38 Å². The molecule has 2 heterocycles. The van der Waals surface area contributed by atoms with Crippen LogP contribution in [0.3, 0.4) is 0 Å². The third-order valence-electron chi connectivity index (χ3n) is 3.14. The molecule has 3 N–H and O–H groups in total. The summed E-state index contributed by atoms with van der Waals surface area (Å²) in [6, 6.07) is 0. The van der Waals surface area contributed by atoms with E-state index in [9.17, 15) is 0 Å². The minimum Gasteiger partial charge on any atom is -0.362 e. The Kier molecular flexibility index (Phi) is 5.22. The Morgan fingerprint density at radius 2 is 2.18 bits per heavy atom. The van der Waals surface area contributed by atoms with Crippen LogP contribution in [0.2, 0.25) is 0 Å². The minimum atomic E-state index is 0.535. The van der Waals surface area contributed by atoms with E-state index in [4.69, 9.17) is 5.73 Å². The van der Waals surface area contributed by atoms with Crippen molar-refractivity contribution in [3.63, 3.8) is 0 Å².